The minimum absolute atomic E-state index is 0.0338. The molecule has 2 aromatic carbocycles. The van der Waals surface area contributed by atoms with Crippen molar-refractivity contribution in [1.29, 1.82) is 0 Å². The number of hydrogen-bond acceptors (Lipinski definition) is 4. The van der Waals surface area contributed by atoms with E-state index in [0.29, 0.717) is 0 Å². The van der Waals surface area contributed by atoms with Gasteiger partial charge in [0, 0.05) is 18.0 Å². The lowest BCUT2D eigenvalue weighted by molar-refractivity contribution is -0.151. The van der Waals surface area contributed by atoms with Crippen molar-refractivity contribution in [3.63, 3.8) is 0 Å². The van der Waals surface area contributed by atoms with E-state index in [-0.39, 0.29) is 11.9 Å². The molecule has 5 nitrogen and oxygen atoms in total. The fraction of sp³-hybridized carbons (Fsp3) is 0.240. The zero-order valence-corrected chi connectivity index (χ0v) is 16.7. The second-order valence-electron chi connectivity index (χ2n) is 7.80. The molecule has 0 atom stereocenters. The highest BCUT2D eigenvalue weighted by Crippen LogP contribution is 2.30. The van der Waals surface area contributed by atoms with Crippen molar-refractivity contribution >= 4 is 16.9 Å². The third kappa shape index (κ3) is 3.59. The van der Waals surface area contributed by atoms with Crippen molar-refractivity contribution in [2.45, 2.75) is 32.1 Å². The van der Waals surface area contributed by atoms with E-state index in [2.05, 4.69) is 34.3 Å². The van der Waals surface area contributed by atoms with Crippen LogP contribution in [0.2, 0.25) is 0 Å². The van der Waals surface area contributed by atoms with Crippen LogP contribution in [0.4, 0.5) is 0 Å². The van der Waals surface area contributed by atoms with Gasteiger partial charge in [0.15, 0.2) is 0 Å². The summed E-state index contributed by atoms with van der Waals surface area (Å²) in [6, 6.07) is 20.3. The van der Waals surface area contributed by atoms with Gasteiger partial charge in [-0.15, -0.1) is 5.10 Å². The van der Waals surface area contributed by atoms with Gasteiger partial charge >= 0.3 is 5.97 Å². The van der Waals surface area contributed by atoms with Crippen LogP contribution in [0.15, 0.2) is 73.1 Å². The Hall–Kier alpha value is -3.47. The topological polar surface area (TPSA) is 57.0 Å². The second-order valence-corrected chi connectivity index (χ2v) is 7.80. The zero-order valence-electron chi connectivity index (χ0n) is 16.7. The summed E-state index contributed by atoms with van der Waals surface area (Å²) in [6.45, 7) is 0. The summed E-state index contributed by atoms with van der Waals surface area (Å²) in [5, 5.41) is 5.49. The SMILES string of the molecule is O=C(On1nc(-c2ccc(-c3ccccc3)cc2)c2cnccc21)C1CCCCC1. The molecular formula is C25H23N3O2. The summed E-state index contributed by atoms with van der Waals surface area (Å²) < 4.78 is 0. The van der Waals surface area contributed by atoms with Crippen molar-refractivity contribution in [3.05, 3.63) is 73.1 Å². The molecule has 2 heterocycles. The van der Waals surface area contributed by atoms with Crippen LogP contribution in [0.3, 0.4) is 0 Å². The molecule has 0 aliphatic heterocycles. The Kier molecular flexibility index (Phi) is 5.01. The molecule has 2 aromatic heterocycles. The van der Waals surface area contributed by atoms with Gasteiger partial charge in [-0.1, -0.05) is 78.7 Å². The molecule has 0 radical (unpaired) electrons. The number of pyridine rings is 1. The number of carbonyl (C=O) groups is 1. The van der Waals surface area contributed by atoms with E-state index in [1.54, 1.807) is 12.4 Å². The molecule has 5 rings (SSSR count). The third-order valence-electron chi connectivity index (χ3n) is 5.83. The number of hydrogen-bond donors (Lipinski definition) is 0. The molecule has 0 N–H and O–H groups in total. The van der Waals surface area contributed by atoms with Crippen LogP contribution in [0.25, 0.3) is 33.3 Å². The molecule has 1 aliphatic rings. The smallest absolute Gasteiger partial charge is 0.318 e. The molecule has 0 saturated heterocycles. The minimum Gasteiger partial charge on any atom is -0.318 e. The lowest BCUT2D eigenvalue weighted by atomic mass is 9.89. The van der Waals surface area contributed by atoms with Gasteiger partial charge in [0.2, 0.25) is 0 Å². The maximum atomic E-state index is 12.7. The van der Waals surface area contributed by atoms with Gasteiger partial charge in [-0.2, -0.15) is 0 Å². The Labute approximate surface area is 175 Å². The third-order valence-corrected chi connectivity index (χ3v) is 5.83. The van der Waals surface area contributed by atoms with E-state index in [0.717, 1.165) is 53.4 Å². The molecule has 0 unspecified atom stereocenters. The van der Waals surface area contributed by atoms with Gasteiger partial charge in [-0.25, -0.2) is 4.79 Å². The lowest BCUT2D eigenvalue weighted by Gasteiger charge is -2.19. The number of carbonyl (C=O) groups excluding carboxylic acids is 1. The van der Waals surface area contributed by atoms with Crippen LogP contribution in [0.5, 0.6) is 0 Å². The highest BCUT2D eigenvalue weighted by Gasteiger charge is 2.25. The predicted octanol–water partition coefficient (Wildman–Crippen LogP) is 5.30. The molecule has 5 heteroatoms. The summed E-state index contributed by atoms with van der Waals surface area (Å²) in [4.78, 5) is 24.0. The van der Waals surface area contributed by atoms with Gasteiger partial charge < -0.3 is 4.84 Å². The van der Waals surface area contributed by atoms with E-state index in [1.165, 1.54) is 16.8 Å². The van der Waals surface area contributed by atoms with E-state index in [9.17, 15) is 4.79 Å². The maximum absolute atomic E-state index is 12.7. The highest BCUT2D eigenvalue weighted by atomic mass is 16.7. The van der Waals surface area contributed by atoms with Crippen LogP contribution in [-0.2, 0) is 4.79 Å². The first kappa shape index (κ1) is 18.6. The first-order valence-electron chi connectivity index (χ1n) is 10.5. The standard InChI is InChI=1S/C25H23N3O2/c29-25(21-9-5-2-6-10-21)30-28-23-15-16-26-17-22(23)24(27-28)20-13-11-19(12-14-20)18-7-3-1-4-8-18/h1,3-4,7-8,11-17,21H,2,5-6,9-10H2. The molecule has 1 aliphatic carbocycles. The number of fused-ring (bicyclic) bond motifs is 1. The summed E-state index contributed by atoms with van der Waals surface area (Å²) in [7, 11) is 0. The van der Waals surface area contributed by atoms with Gasteiger partial charge in [-0.3, -0.25) is 4.98 Å². The molecule has 0 bridgehead atoms. The molecule has 1 saturated carbocycles. The summed E-state index contributed by atoms with van der Waals surface area (Å²) in [5.41, 5.74) is 4.78. The van der Waals surface area contributed by atoms with Crippen LogP contribution >= 0.6 is 0 Å². The fourth-order valence-electron chi connectivity index (χ4n) is 4.17. The average Bonchev–Trinajstić information content (AvgIpc) is 3.19. The van der Waals surface area contributed by atoms with Gasteiger partial charge in [-0.05, 0) is 30.0 Å². The average molecular weight is 397 g/mol. The predicted molar refractivity (Wildman–Crippen MR) is 117 cm³/mol. The number of nitrogens with zero attached hydrogens (tertiary/aromatic N) is 3. The Morgan fingerprint density at radius 2 is 1.57 bits per heavy atom. The Balaban J connectivity index is 1.47. The van der Waals surface area contributed by atoms with Crippen LogP contribution in [0, 0.1) is 5.92 Å². The van der Waals surface area contributed by atoms with E-state index >= 15 is 0 Å². The normalized spacial score (nSPS) is 14.7. The monoisotopic (exact) mass is 397 g/mol. The van der Waals surface area contributed by atoms with Crippen LogP contribution in [0.1, 0.15) is 32.1 Å². The van der Waals surface area contributed by atoms with Crippen molar-refractivity contribution < 1.29 is 9.63 Å². The molecule has 4 aromatic rings. The van der Waals surface area contributed by atoms with Crippen molar-refractivity contribution in [3.8, 4) is 22.4 Å². The molecule has 0 amide bonds. The lowest BCUT2D eigenvalue weighted by Crippen LogP contribution is -2.29. The Morgan fingerprint density at radius 1 is 0.867 bits per heavy atom. The van der Waals surface area contributed by atoms with Gasteiger partial charge in [0.05, 0.1) is 11.3 Å². The summed E-state index contributed by atoms with van der Waals surface area (Å²) in [5.74, 6) is -0.227. The highest BCUT2D eigenvalue weighted by molar-refractivity contribution is 5.93. The summed E-state index contributed by atoms with van der Waals surface area (Å²) >= 11 is 0. The van der Waals surface area contributed by atoms with Gasteiger partial charge in [0.25, 0.3) is 0 Å². The first-order chi connectivity index (χ1) is 14.8. The number of aromatic nitrogens is 3. The van der Waals surface area contributed by atoms with E-state index < -0.39 is 0 Å². The fourth-order valence-corrected chi connectivity index (χ4v) is 4.17. The zero-order chi connectivity index (χ0) is 20.3. The van der Waals surface area contributed by atoms with Crippen molar-refractivity contribution in [2.24, 2.45) is 5.92 Å². The van der Waals surface area contributed by atoms with E-state index in [1.807, 2.05) is 36.4 Å². The van der Waals surface area contributed by atoms with Gasteiger partial charge in [0.1, 0.15) is 11.2 Å². The second kappa shape index (κ2) is 8.11. The maximum Gasteiger partial charge on any atom is 0.338 e. The molecule has 30 heavy (non-hydrogen) atoms. The summed E-state index contributed by atoms with van der Waals surface area (Å²) in [6.07, 6.45) is 8.63. The first-order valence-corrected chi connectivity index (χ1v) is 10.5. The number of benzene rings is 2. The largest absolute Gasteiger partial charge is 0.338 e. The number of rotatable bonds is 4. The molecule has 0 spiro atoms. The van der Waals surface area contributed by atoms with E-state index in [4.69, 9.17) is 4.84 Å². The molecule has 1 fully saturated rings. The van der Waals surface area contributed by atoms with Crippen LogP contribution < -0.4 is 4.84 Å². The quantitative estimate of drug-likeness (QED) is 0.469. The Morgan fingerprint density at radius 3 is 2.33 bits per heavy atom. The van der Waals surface area contributed by atoms with Crippen LogP contribution in [-0.4, -0.2) is 20.9 Å². The van der Waals surface area contributed by atoms with Crippen molar-refractivity contribution in [2.75, 3.05) is 0 Å². The minimum atomic E-state index is -0.193. The molecular weight excluding hydrogens is 374 g/mol. The van der Waals surface area contributed by atoms with Crippen molar-refractivity contribution in [1.82, 2.24) is 14.9 Å². The Bertz CT molecular complexity index is 1160. The molecule has 150 valence electrons.